The first-order valence-electron chi connectivity index (χ1n) is 9.75. The van der Waals surface area contributed by atoms with Crippen LogP contribution in [-0.2, 0) is 4.74 Å². The molecule has 2 aromatic carbocycles. The van der Waals surface area contributed by atoms with Crippen LogP contribution < -0.4 is 0 Å². The topological polar surface area (TPSA) is 12.5 Å². The summed E-state index contributed by atoms with van der Waals surface area (Å²) in [4.78, 5) is 2.49. The van der Waals surface area contributed by atoms with Crippen LogP contribution in [0.25, 0.3) is 0 Å². The average Bonchev–Trinajstić information content (AvgIpc) is 2.67. The number of nitrogens with zero attached hydrogens (tertiary/aromatic N) is 1. The van der Waals surface area contributed by atoms with Crippen molar-refractivity contribution in [3.05, 3.63) is 71.8 Å². The zero-order valence-corrected chi connectivity index (χ0v) is 17.3. The lowest BCUT2D eigenvalue weighted by Crippen LogP contribution is -2.37. The normalized spacial score (nSPS) is 12.2. The molecule has 26 heavy (non-hydrogen) atoms. The molecule has 0 aliphatic heterocycles. The van der Waals surface area contributed by atoms with Crippen molar-refractivity contribution in [3.8, 4) is 0 Å². The third-order valence-corrected chi connectivity index (χ3v) is 4.65. The first-order valence-corrected chi connectivity index (χ1v) is 9.75. The summed E-state index contributed by atoms with van der Waals surface area (Å²) in [7, 11) is 0. The number of hydrogen-bond donors (Lipinski definition) is 0. The van der Waals surface area contributed by atoms with Gasteiger partial charge in [0.25, 0.3) is 0 Å². The number of benzene rings is 2. The number of halogens is 1. The molecule has 2 nitrogen and oxygen atoms in total. The van der Waals surface area contributed by atoms with Gasteiger partial charge in [-0.1, -0.05) is 87.4 Å². The van der Waals surface area contributed by atoms with Crippen molar-refractivity contribution >= 4 is 12.4 Å². The van der Waals surface area contributed by atoms with Gasteiger partial charge >= 0.3 is 0 Å². The van der Waals surface area contributed by atoms with E-state index < -0.39 is 0 Å². The van der Waals surface area contributed by atoms with Crippen molar-refractivity contribution in [1.82, 2.24) is 4.90 Å². The molecule has 0 heterocycles. The van der Waals surface area contributed by atoms with Gasteiger partial charge in [-0.15, -0.1) is 12.4 Å². The smallest absolute Gasteiger partial charge is 0.110 e. The molecule has 3 heteroatoms. The largest absolute Gasteiger partial charge is 0.351 e. The molecule has 0 bridgehead atoms. The molecule has 2 rings (SSSR count). The maximum absolute atomic E-state index is 6.60. The van der Waals surface area contributed by atoms with Crippen molar-refractivity contribution in [2.75, 3.05) is 13.1 Å². The Morgan fingerprint density at radius 3 is 1.58 bits per heavy atom. The van der Waals surface area contributed by atoms with E-state index in [1.807, 2.05) is 0 Å². The summed E-state index contributed by atoms with van der Waals surface area (Å²) in [5, 5.41) is 0. The molecule has 1 unspecified atom stereocenters. The van der Waals surface area contributed by atoms with E-state index in [4.69, 9.17) is 4.74 Å². The Hall–Kier alpha value is -1.35. The molecule has 0 saturated carbocycles. The zero-order chi connectivity index (χ0) is 17.9. The molecule has 0 fully saturated rings. The number of hydrogen-bond acceptors (Lipinski definition) is 2. The highest BCUT2D eigenvalue weighted by Gasteiger charge is 2.21. The molecule has 2 aromatic rings. The monoisotopic (exact) mass is 375 g/mol. The molecule has 0 aliphatic carbocycles. The molecular weight excluding hydrogens is 342 g/mol. The van der Waals surface area contributed by atoms with E-state index in [0.717, 1.165) is 13.1 Å². The highest BCUT2D eigenvalue weighted by molar-refractivity contribution is 5.85. The van der Waals surface area contributed by atoms with Crippen LogP contribution in [0.3, 0.4) is 0 Å². The summed E-state index contributed by atoms with van der Waals surface area (Å²) in [5.41, 5.74) is 2.43. The van der Waals surface area contributed by atoms with Crippen LogP contribution in [0.2, 0.25) is 0 Å². The highest BCUT2D eigenvalue weighted by Crippen LogP contribution is 2.28. The minimum atomic E-state index is -0.0249. The van der Waals surface area contributed by atoms with E-state index >= 15 is 0 Å². The third-order valence-electron chi connectivity index (χ3n) is 4.65. The quantitative estimate of drug-likeness (QED) is 0.417. The van der Waals surface area contributed by atoms with Gasteiger partial charge in [0.2, 0.25) is 0 Å². The van der Waals surface area contributed by atoms with Crippen molar-refractivity contribution < 1.29 is 4.74 Å². The maximum atomic E-state index is 6.60. The van der Waals surface area contributed by atoms with Crippen molar-refractivity contribution in [1.29, 1.82) is 0 Å². The van der Waals surface area contributed by atoms with E-state index in [0.29, 0.717) is 0 Å². The van der Waals surface area contributed by atoms with Crippen LogP contribution >= 0.6 is 12.4 Å². The van der Waals surface area contributed by atoms with Crippen LogP contribution in [0.15, 0.2) is 60.7 Å². The van der Waals surface area contributed by atoms with Gasteiger partial charge in [-0.2, -0.15) is 0 Å². The van der Waals surface area contributed by atoms with Crippen molar-refractivity contribution in [2.24, 2.45) is 0 Å². The Balaban J connectivity index is 0.00000338. The van der Waals surface area contributed by atoms with E-state index in [-0.39, 0.29) is 24.7 Å². The van der Waals surface area contributed by atoms with Crippen LogP contribution in [0.1, 0.15) is 63.7 Å². The standard InChI is InChI=1S/C23H33NO.ClH/c1-4-6-18-24(19-7-5-2)20(3)25-23(21-14-10-8-11-15-21)22-16-12-9-13-17-22;/h8-17,20,23H,4-7,18-19H2,1-3H3;1H. The molecule has 144 valence electrons. The summed E-state index contributed by atoms with van der Waals surface area (Å²) in [6.07, 6.45) is 4.95. The summed E-state index contributed by atoms with van der Waals surface area (Å²) >= 11 is 0. The van der Waals surface area contributed by atoms with E-state index in [1.165, 1.54) is 36.8 Å². The predicted octanol–water partition coefficient (Wildman–Crippen LogP) is 6.46. The van der Waals surface area contributed by atoms with Crippen molar-refractivity contribution in [2.45, 2.75) is 58.8 Å². The third kappa shape index (κ3) is 7.11. The molecule has 0 N–H and O–H groups in total. The Morgan fingerprint density at radius 2 is 1.19 bits per heavy atom. The van der Waals surface area contributed by atoms with Gasteiger partial charge in [0.05, 0.1) is 0 Å². The highest BCUT2D eigenvalue weighted by atomic mass is 35.5. The fourth-order valence-corrected chi connectivity index (χ4v) is 3.09. The summed E-state index contributed by atoms with van der Waals surface area (Å²) in [5.74, 6) is 0. The maximum Gasteiger partial charge on any atom is 0.110 e. The van der Waals surface area contributed by atoms with Crippen LogP contribution in [-0.4, -0.2) is 24.2 Å². The number of ether oxygens (including phenoxy) is 1. The lowest BCUT2D eigenvalue weighted by Gasteiger charge is -2.32. The van der Waals surface area contributed by atoms with Crippen LogP contribution in [0.4, 0.5) is 0 Å². The van der Waals surface area contributed by atoms with Crippen LogP contribution in [0.5, 0.6) is 0 Å². The van der Waals surface area contributed by atoms with E-state index in [1.54, 1.807) is 0 Å². The van der Waals surface area contributed by atoms with E-state index in [2.05, 4.69) is 86.3 Å². The molecule has 1 atom stereocenters. The number of unbranched alkanes of at least 4 members (excludes halogenated alkanes) is 2. The SMILES string of the molecule is CCCCN(CCCC)C(C)OC(c1ccccc1)c1ccccc1.Cl. The van der Waals surface area contributed by atoms with Crippen LogP contribution in [0, 0.1) is 0 Å². The Morgan fingerprint density at radius 1 is 0.769 bits per heavy atom. The fourth-order valence-electron chi connectivity index (χ4n) is 3.09. The van der Waals surface area contributed by atoms with Gasteiger partial charge in [-0.25, -0.2) is 0 Å². The van der Waals surface area contributed by atoms with Gasteiger partial charge in [0.15, 0.2) is 0 Å². The summed E-state index contributed by atoms with van der Waals surface area (Å²) < 4.78 is 6.60. The molecule has 0 aromatic heterocycles. The average molecular weight is 376 g/mol. The molecule has 0 spiro atoms. The van der Waals surface area contributed by atoms with Crippen molar-refractivity contribution in [3.63, 3.8) is 0 Å². The fraction of sp³-hybridized carbons (Fsp3) is 0.478. The molecule has 0 aliphatic rings. The Kier molecular flexibility index (Phi) is 11.3. The van der Waals surface area contributed by atoms with E-state index in [9.17, 15) is 0 Å². The van der Waals surface area contributed by atoms with Gasteiger partial charge in [-0.05, 0) is 30.9 Å². The second kappa shape index (κ2) is 12.9. The predicted molar refractivity (Wildman–Crippen MR) is 114 cm³/mol. The first-order chi connectivity index (χ1) is 12.3. The molecule has 0 radical (unpaired) electrons. The molecule has 0 saturated heterocycles. The lowest BCUT2D eigenvalue weighted by molar-refractivity contribution is -0.0779. The second-order valence-electron chi connectivity index (χ2n) is 6.68. The Labute approximate surface area is 166 Å². The number of rotatable bonds is 11. The minimum absolute atomic E-state index is 0. The zero-order valence-electron chi connectivity index (χ0n) is 16.4. The first kappa shape index (κ1) is 22.7. The van der Waals surface area contributed by atoms with Gasteiger partial charge in [0.1, 0.15) is 12.3 Å². The molecular formula is C23H34ClNO. The summed E-state index contributed by atoms with van der Waals surface area (Å²) in [6, 6.07) is 21.1. The minimum Gasteiger partial charge on any atom is -0.351 e. The lowest BCUT2D eigenvalue weighted by atomic mass is 10.0. The molecule has 0 amide bonds. The summed E-state index contributed by atoms with van der Waals surface area (Å²) in [6.45, 7) is 8.91. The Bertz CT molecular complexity index is 528. The van der Waals surface area contributed by atoms with Gasteiger partial charge in [0, 0.05) is 13.1 Å². The van der Waals surface area contributed by atoms with Gasteiger partial charge < -0.3 is 4.74 Å². The van der Waals surface area contributed by atoms with Gasteiger partial charge in [-0.3, -0.25) is 4.90 Å². The second-order valence-corrected chi connectivity index (χ2v) is 6.68.